The first-order chi connectivity index (χ1) is 13.0. The van der Waals surface area contributed by atoms with Crippen molar-refractivity contribution in [1.82, 2.24) is 10.2 Å². The lowest BCUT2D eigenvalue weighted by atomic mass is 10.0. The number of nitrogens with zero attached hydrogens (tertiary/aromatic N) is 1. The van der Waals surface area contributed by atoms with Gasteiger partial charge in [-0.25, -0.2) is 0 Å². The highest BCUT2D eigenvalue weighted by molar-refractivity contribution is 6.36. The Morgan fingerprint density at radius 3 is 2.22 bits per heavy atom. The van der Waals surface area contributed by atoms with Crippen molar-refractivity contribution in [3.8, 4) is 0 Å². The van der Waals surface area contributed by atoms with E-state index in [1.54, 1.807) is 30.1 Å². The first-order valence-electron chi connectivity index (χ1n) is 8.95. The number of amides is 2. The summed E-state index contributed by atoms with van der Waals surface area (Å²) in [6.45, 7) is 2.12. The van der Waals surface area contributed by atoms with Gasteiger partial charge in [0.1, 0.15) is 6.04 Å². The van der Waals surface area contributed by atoms with Crippen LogP contribution in [0.15, 0.2) is 48.5 Å². The fourth-order valence-electron chi connectivity index (χ4n) is 2.93. The number of hydrogen-bond acceptors (Lipinski definition) is 2. The molecular formula is C21H24Cl2N2O2. The number of hydrogen-bond donors (Lipinski definition) is 1. The maximum atomic E-state index is 12.9. The Bertz CT molecular complexity index is 761. The highest BCUT2D eigenvalue weighted by atomic mass is 35.5. The Balaban J connectivity index is 2.41. The van der Waals surface area contributed by atoms with Crippen LogP contribution in [0.4, 0.5) is 0 Å². The first-order valence-corrected chi connectivity index (χ1v) is 9.71. The fraction of sp³-hybridized carbons (Fsp3) is 0.333. The van der Waals surface area contributed by atoms with Gasteiger partial charge in [0.05, 0.1) is 0 Å². The van der Waals surface area contributed by atoms with Crippen LogP contribution >= 0.6 is 23.2 Å². The average Bonchev–Trinajstić information content (AvgIpc) is 2.67. The van der Waals surface area contributed by atoms with Crippen LogP contribution in [0, 0.1) is 0 Å². The summed E-state index contributed by atoms with van der Waals surface area (Å²) in [5, 5.41) is 3.64. The largest absolute Gasteiger partial charge is 0.357 e. The van der Waals surface area contributed by atoms with Crippen molar-refractivity contribution in [3.05, 3.63) is 69.7 Å². The quantitative estimate of drug-likeness (QED) is 0.702. The predicted octanol–water partition coefficient (Wildman–Crippen LogP) is 4.48. The van der Waals surface area contributed by atoms with E-state index in [9.17, 15) is 9.59 Å². The van der Waals surface area contributed by atoms with E-state index in [0.29, 0.717) is 34.9 Å². The van der Waals surface area contributed by atoms with E-state index in [1.165, 1.54) is 0 Å². The van der Waals surface area contributed by atoms with E-state index in [0.717, 1.165) is 5.56 Å². The zero-order chi connectivity index (χ0) is 19.8. The van der Waals surface area contributed by atoms with E-state index < -0.39 is 6.04 Å². The molecule has 0 aliphatic carbocycles. The van der Waals surface area contributed by atoms with Crippen LogP contribution < -0.4 is 5.32 Å². The van der Waals surface area contributed by atoms with Crippen LogP contribution in [0.3, 0.4) is 0 Å². The van der Waals surface area contributed by atoms with E-state index >= 15 is 0 Å². The van der Waals surface area contributed by atoms with Crippen molar-refractivity contribution in [2.75, 3.05) is 7.05 Å². The molecule has 0 aliphatic heterocycles. The summed E-state index contributed by atoms with van der Waals surface area (Å²) in [6.07, 6.45) is 1.46. The average molecular weight is 407 g/mol. The van der Waals surface area contributed by atoms with Crippen molar-refractivity contribution in [2.45, 2.75) is 38.8 Å². The molecule has 0 radical (unpaired) electrons. The van der Waals surface area contributed by atoms with Crippen molar-refractivity contribution in [2.24, 2.45) is 0 Å². The lowest BCUT2D eigenvalue weighted by Gasteiger charge is -2.31. The topological polar surface area (TPSA) is 49.4 Å². The van der Waals surface area contributed by atoms with E-state index in [1.807, 2.05) is 37.3 Å². The highest BCUT2D eigenvalue weighted by Gasteiger charge is 2.30. The van der Waals surface area contributed by atoms with Crippen LogP contribution in [0.5, 0.6) is 0 Å². The number of carbonyl (C=O) groups excluding carboxylic acids is 2. The summed E-state index contributed by atoms with van der Waals surface area (Å²) in [5.41, 5.74) is 1.62. The molecule has 2 aromatic rings. The van der Waals surface area contributed by atoms with Crippen molar-refractivity contribution < 1.29 is 9.59 Å². The summed E-state index contributed by atoms with van der Waals surface area (Å²) >= 11 is 12.6. The molecule has 2 aromatic carbocycles. The Hall–Kier alpha value is -2.04. The molecule has 1 N–H and O–H groups in total. The first kappa shape index (κ1) is 21.3. The summed E-state index contributed by atoms with van der Waals surface area (Å²) in [4.78, 5) is 27.1. The van der Waals surface area contributed by atoms with Gasteiger partial charge in [-0.2, -0.15) is 0 Å². The smallest absolute Gasteiger partial charge is 0.242 e. The van der Waals surface area contributed by atoms with E-state index in [2.05, 4.69) is 5.32 Å². The minimum absolute atomic E-state index is 0.0991. The number of rotatable bonds is 8. The molecule has 27 heavy (non-hydrogen) atoms. The molecule has 0 aromatic heterocycles. The van der Waals surface area contributed by atoms with Gasteiger partial charge in [0.15, 0.2) is 0 Å². The number of nitrogens with one attached hydrogen (secondary N) is 1. The summed E-state index contributed by atoms with van der Waals surface area (Å²) in [5.74, 6) is -0.315. The zero-order valence-electron chi connectivity index (χ0n) is 15.5. The molecule has 2 amide bonds. The Kier molecular flexibility index (Phi) is 8.14. The maximum absolute atomic E-state index is 12.9. The molecule has 0 spiro atoms. The highest BCUT2D eigenvalue weighted by Crippen LogP contribution is 2.27. The normalized spacial score (nSPS) is 11.7. The zero-order valence-corrected chi connectivity index (χ0v) is 17.1. The summed E-state index contributed by atoms with van der Waals surface area (Å²) < 4.78 is 0. The summed E-state index contributed by atoms with van der Waals surface area (Å²) in [6, 6.07) is 14.2. The van der Waals surface area contributed by atoms with Crippen LogP contribution in [-0.4, -0.2) is 29.8 Å². The van der Waals surface area contributed by atoms with Gasteiger partial charge in [-0.3, -0.25) is 9.59 Å². The van der Waals surface area contributed by atoms with Gasteiger partial charge in [-0.05, 0) is 24.1 Å². The van der Waals surface area contributed by atoms with Gasteiger partial charge < -0.3 is 10.2 Å². The molecule has 6 heteroatoms. The minimum Gasteiger partial charge on any atom is -0.357 e. The molecule has 0 saturated carbocycles. The molecule has 0 aliphatic rings. The third-order valence-electron chi connectivity index (χ3n) is 4.37. The Morgan fingerprint density at radius 2 is 1.67 bits per heavy atom. The molecule has 2 rings (SSSR count). The van der Waals surface area contributed by atoms with Crippen LogP contribution in [0.1, 0.15) is 30.9 Å². The Morgan fingerprint density at radius 1 is 1.04 bits per heavy atom. The fourth-order valence-corrected chi connectivity index (χ4v) is 3.45. The van der Waals surface area contributed by atoms with Gasteiger partial charge in [0, 0.05) is 42.0 Å². The number of benzene rings is 2. The second-order valence-corrected chi connectivity index (χ2v) is 7.11. The molecule has 144 valence electrons. The molecule has 0 saturated heterocycles. The third kappa shape index (κ3) is 5.72. The molecule has 0 bridgehead atoms. The second kappa shape index (κ2) is 10.3. The monoisotopic (exact) mass is 406 g/mol. The molecule has 0 fully saturated rings. The molecular weight excluding hydrogens is 383 g/mol. The van der Waals surface area contributed by atoms with Crippen LogP contribution in [0.2, 0.25) is 10.0 Å². The van der Waals surface area contributed by atoms with Crippen molar-refractivity contribution in [1.29, 1.82) is 0 Å². The third-order valence-corrected chi connectivity index (χ3v) is 5.08. The molecule has 1 atom stereocenters. The SMILES string of the molecule is CCCC(=O)N(Cc1c(Cl)cccc1Cl)[C@H](Cc1ccccc1)C(=O)NC. The lowest BCUT2D eigenvalue weighted by molar-refractivity contribution is -0.141. The number of likely N-dealkylation sites (N-methyl/N-ethyl adjacent to an activating group) is 1. The molecule has 4 nitrogen and oxygen atoms in total. The standard InChI is InChI=1S/C21H24Cl2N2O2/c1-3-8-20(26)25(14-16-17(22)11-7-12-18(16)23)19(21(27)24-2)13-15-9-5-4-6-10-15/h4-7,9-12,19H,3,8,13-14H2,1-2H3,(H,24,27)/t19-/m1/s1. The molecule has 0 unspecified atom stereocenters. The van der Waals surface area contributed by atoms with Gasteiger partial charge in [0.25, 0.3) is 0 Å². The van der Waals surface area contributed by atoms with Gasteiger partial charge in [0.2, 0.25) is 11.8 Å². The van der Waals surface area contributed by atoms with Gasteiger partial charge >= 0.3 is 0 Å². The lowest BCUT2D eigenvalue weighted by Crippen LogP contribution is -2.49. The maximum Gasteiger partial charge on any atom is 0.242 e. The van der Waals surface area contributed by atoms with Crippen molar-refractivity contribution >= 4 is 35.0 Å². The van der Waals surface area contributed by atoms with E-state index in [4.69, 9.17) is 23.2 Å². The second-order valence-electron chi connectivity index (χ2n) is 6.29. The summed E-state index contributed by atoms with van der Waals surface area (Å²) in [7, 11) is 1.57. The molecule has 0 heterocycles. The predicted molar refractivity (Wildman–Crippen MR) is 110 cm³/mol. The number of halogens is 2. The van der Waals surface area contributed by atoms with Gasteiger partial charge in [-0.15, -0.1) is 0 Å². The Labute approximate surface area is 170 Å². The van der Waals surface area contributed by atoms with E-state index in [-0.39, 0.29) is 18.4 Å². The number of carbonyl (C=O) groups is 2. The van der Waals surface area contributed by atoms with Crippen molar-refractivity contribution in [3.63, 3.8) is 0 Å². The van der Waals surface area contributed by atoms with Crippen LogP contribution in [-0.2, 0) is 22.6 Å². The van der Waals surface area contributed by atoms with Crippen LogP contribution in [0.25, 0.3) is 0 Å². The van der Waals surface area contributed by atoms with Gasteiger partial charge in [-0.1, -0.05) is 66.5 Å². The minimum atomic E-state index is -0.649.